The first kappa shape index (κ1) is 21.1. The van der Waals surface area contributed by atoms with Crippen LogP contribution < -0.4 is 0 Å². The van der Waals surface area contributed by atoms with Crippen LogP contribution in [0, 0.1) is 0 Å². The highest BCUT2D eigenvalue weighted by Crippen LogP contribution is 2.35. The number of aromatic nitrogens is 4. The Labute approximate surface area is 209 Å². The van der Waals surface area contributed by atoms with Crippen LogP contribution >= 0.6 is 0 Å². The summed E-state index contributed by atoms with van der Waals surface area (Å²) in [5, 5.41) is 10.1. The number of fused-ring (bicyclic) bond motifs is 2. The standard InChI is InChI=1S/C30H27N5O/c1-2-10-35(11-3-1)18-20-13-23(17-31-16-20)21-7-8-28-26(14-21)30(34-33-28)29-15-25-24(22-9-12-36-19-22)5-4-6-27(25)32-29/h4-9,12-17,19,32H,1-3,10-11,18H2,(H,33,34). The molecule has 5 heterocycles. The summed E-state index contributed by atoms with van der Waals surface area (Å²) in [6.07, 6.45) is 11.4. The van der Waals surface area contributed by atoms with Gasteiger partial charge in [0.1, 0.15) is 5.69 Å². The molecule has 6 aromatic rings. The maximum absolute atomic E-state index is 5.33. The molecule has 1 aliphatic rings. The number of benzene rings is 2. The van der Waals surface area contributed by atoms with Crippen LogP contribution in [0.3, 0.4) is 0 Å². The van der Waals surface area contributed by atoms with Gasteiger partial charge in [-0.05, 0) is 79.0 Å². The van der Waals surface area contributed by atoms with Gasteiger partial charge in [0.25, 0.3) is 0 Å². The normalized spacial score (nSPS) is 14.7. The molecule has 1 aliphatic heterocycles. The lowest BCUT2D eigenvalue weighted by atomic mass is 10.0. The van der Waals surface area contributed by atoms with Crippen molar-refractivity contribution in [3.8, 4) is 33.6 Å². The average Bonchev–Trinajstić information content (AvgIpc) is 3.68. The Balaban J connectivity index is 1.26. The molecule has 0 atom stereocenters. The van der Waals surface area contributed by atoms with Crippen molar-refractivity contribution in [3.63, 3.8) is 0 Å². The Morgan fingerprint density at radius 1 is 0.833 bits per heavy atom. The molecule has 0 bridgehead atoms. The summed E-state index contributed by atoms with van der Waals surface area (Å²) < 4.78 is 5.33. The van der Waals surface area contributed by atoms with Gasteiger partial charge in [-0.15, -0.1) is 0 Å². The predicted octanol–water partition coefficient (Wildman–Crippen LogP) is 7.02. The third-order valence-corrected chi connectivity index (χ3v) is 7.30. The number of hydrogen-bond acceptors (Lipinski definition) is 4. The summed E-state index contributed by atoms with van der Waals surface area (Å²) in [6, 6.07) is 19.2. The summed E-state index contributed by atoms with van der Waals surface area (Å²) in [5.41, 5.74) is 9.75. The molecule has 0 radical (unpaired) electrons. The number of likely N-dealkylation sites (tertiary alicyclic amines) is 1. The molecule has 178 valence electrons. The molecule has 0 spiro atoms. The molecule has 0 saturated carbocycles. The van der Waals surface area contributed by atoms with E-state index in [1.807, 2.05) is 18.5 Å². The van der Waals surface area contributed by atoms with E-state index in [-0.39, 0.29) is 0 Å². The molecule has 6 heteroatoms. The first-order valence-corrected chi connectivity index (χ1v) is 12.6. The van der Waals surface area contributed by atoms with E-state index >= 15 is 0 Å². The smallest absolute Gasteiger partial charge is 0.116 e. The minimum absolute atomic E-state index is 0.915. The third kappa shape index (κ3) is 3.80. The quantitative estimate of drug-likeness (QED) is 0.282. The molecule has 2 N–H and O–H groups in total. The van der Waals surface area contributed by atoms with E-state index in [1.165, 1.54) is 37.9 Å². The van der Waals surface area contributed by atoms with Gasteiger partial charge in [-0.1, -0.05) is 24.6 Å². The lowest BCUT2D eigenvalue weighted by molar-refractivity contribution is 0.220. The molecule has 2 aromatic carbocycles. The molecule has 1 saturated heterocycles. The van der Waals surface area contributed by atoms with Crippen LogP contribution in [0.2, 0.25) is 0 Å². The van der Waals surface area contributed by atoms with Gasteiger partial charge < -0.3 is 9.40 Å². The van der Waals surface area contributed by atoms with Gasteiger partial charge in [-0.25, -0.2) is 0 Å². The second-order valence-electron chi connectivity index (χ2n) is 9.71. The number of aromatic amines is 2. The lowest BCUT2D eigenvalue weighted by Crippen LogP contribution is -2.29. The predicted molar refractivity (Wildman–Crippen MR) is 143 cm³/mol. The first-order valence-electron chi connectivity index (χ1n) is 12.6. The van der Waals surface area contributed by atoms with Crippen LogP contribution in [0.25, 0.3) is 55.4 Å². The average molecular weight is 474 g/mol. The highest BCUT2D eigenvalue weighted by atomic mass is 16.3. The zero-order valence-corrected chi connectivity index (χ0v) is 20.0. The Morgan fingerprint density at radius 3 is 2.67 bits per heavy atom. The topological polar surface area (TPSA) is 73.7 Å². The number of nitrogens with zero attached hydrogens (tertiary/aromatic N) is 3. The van der Waals surface area contributed by atoms with Gasteiger partial charge in [0.15, 0.2) is 0 Å². The largest absolute Gasteiger partial charge is 0.472 e. The summed E-state index contributed by atoms with van der Waals surface area (Å²) in [7, 11) is 0. The van der Waals surface area contributed by atoms with Gasteiger partial charge >= 0.3 is 0 Å². The minimum Gasteiger partial charge on any atom is -0.472 e. The molecule has 6 nitrogen and oxygen atoms in total. The maximum atomic E-state index is 5.33. The summed E-state index contributed by atoms with van der Waals surface area (Å²) >= 11 is 0. The Morgan fingerprint density at radius 2 is 1.78 bits per heavy atom. The number of rotatable bonds is 5. The number of H-pyrrole nitrogens is 2. The molecule has 7 rings (SSSR count). The maximum Gasteiger partial charge on any atom is 0.116 e. The molecule has 36 heavy (non-hydrogen) atoms. The van der Waals surface area contributed by atoms with Crippen molar-refractivity contribution in [1.82, 2.24) is 25.1 Å². The van der Waals surface area contributed by atoms with Crippen molar-refractivity contribution >= 4 is 21.8 Å². The van der Waals surface area contributed by atoms with Crippen LogP contribution in [0.15, 0.2) is 83.9 Å². The fraction of sp³-hybridized carbons (Fsp3) is 0.200. The zero-order chi connectivity index (χ0) is 23.9. The summed E-state index contributed by atoms with van der Waals surface area (Å²) in [6.45, 7) is 3.33. The molecule has 0 amide bonds. The van der Waals surface area contributed by atoms with Crippen molar-refractivity contribution in [2.24, 2.45) is 0 Å². The lowest BCUT2D eigenvalue weighted by Gasteiger charge is -2.26. The molecule has 0 unspecified atom stereocenters. The van der Waals surface area contributed by atoms with Gasteiger partial charge in [0.05, 0.1) is 23.7 Å². The number of furan rings is 1. The van der Waals surface area contributed by atoms with Crippen LogP contribution in [0.4, 0.5) is 0 Å². The Hall–Kier alpha value is -4.16. The molecule has 0 aliphatic carbocycles. The monoisotopic (exact) mass is 473 g/mol. The Kier molecular flexibility index (Phi) is 5.17. The molecular weight excluding hydrogens is 446 g/mol. The second-order valence-corrected chi connectivity index (χ2v) is 9.71. The van der Waals surface area contributed by atoms with E-state index < -0.39 is 0 Å². The highest BCUT2D eigenvalue weighted by Gasteiger charge is 2.15. The third-order valence-electron chi connectivity index (χ3n) is 7.30. The van der Waals surface area contributed by atoms with E-state index in [2.05, 4.69) is 73.6 Å². The highest BCUT2D eigenvalue weighted by molar-refractivity contribution is 6.01. The van der Waals surface area contributed by atoms with Crippen LogP contribution in [-0.4, -0.2) is 38.2 Å². The van der Waals surface area contributed by atoms with Crippen molar-refractivity contribution in [1.29, 1.82) is 0 Å². The number of pyridine rings is 1. The van der Waals surface area contributed by atoms with Crippen molar-refractivity contribution in [3.05, 3.63) is 85.1 Å². The van der Waals surface area contributed by atoms with Crippen molar-refractivity contribution in [2.75, 3.05) is 13.1 Å². The van der Waals surface area contributed by atoms with E-state index in [4.69, 9.17) is 4.42 Å². The van der Waals surface area contributed by atoms with Gasteiger partial charge in [0, 0.05) is 46.4 Å². The number of hydrogen-bond donors (Lipinski definition) is 2. The summed E-state index contributed by atoms with van der Waals surface area (Å²) in [5.74, 6) is 0. The zero-order valence-electron chi connectivity index (χ0n) is 20.0. The van der Waals surface area contributed by atoms with Crippen molar-refractivity contribution < 1.29 is 4.42 Å². The van der Waals surface area contributed by atoms with Crippen LogP contribution in [-0.2, 0) is 6.54 Å². The van der Waals surface area contributed by atoms with Gasteiger partial charge in [-0.2, -0.15) is 5.10 Å². The number of nitrogens with one attached hydrogen (secondary N) is 2. The van der Waals surface area contributed by atoms with Crippen molar-refractivity contribution in [2.45, 2.75) is 25.8 Å². The summed E-state index contributed by atoms with van der Waals surface area (Å²) in [4.78, 5) is 10.7. The minimum atomic E-state index is 0.915. The van der Waals surface area contributed by atoms with E-state index in [0.717, 1.165) is 62.0 Å². The SMILES string of the molecule is c1cc(-c2ccoc2)c2cc(-c3n[nH]c4ccc(-c5cncc(CN6CCCCC6)c5)cc34)[nH]c2c1. The Bertz CT molecular complexity index is 1650. The first-order chi connectivity index (χ1) is 17.8. The number of piperidine rings is 1. The fourth-order valence-corrected chi connectivity index (χ4v) is 5.46. The molecular formula is C30H27N5O. The molecule has 4 aromatic heterocycles. The van der Waals surface area contributed by atoms with E-state index in [9.17, 15) is 0 Å². The van der Waals surface area contributed by atoms with E-state index in [0.29, 0.717) is 0 Å². The van der Waals surface area contributed by atoms with E-state index in [1.54, 1.807) is 12.5 Å². The fourth-order valence-electron chi connectivity index (χ4n) is 5.46. The van der Waals surface area contributed by atoms with Gasteiger partial charge in [0.2, 0.25) is 0 Å². The molecule has 1 fully saturated rings. The van der Waals surface area contributed by atoms with Crippen LogP contribution in [0.5, 0.6) is 0 Å². The second kappa shape index (κ2) is 8.81. The van der Waals surface area contributed by atoms with Crippen LogP contribution in [0.1, 0.15) is 24.8 Å². The van der Waals surface area contributed by atoms with Gasteiger partial charge in [-0.3, -0.25) is 15.0 Å².